The average molecular weight is 393 g/mol. The summed E-state index contributed by atoms with van der Waals surface area (Å²) >= 11 is 0. The first-order chi connectivity index (χ1) is 14.1. The van der Waals surface area contributed by atoms with Crippen LogP contribution in [0.4, 0.5) is 11.8 Å². The molecule has 0 bridgehead atoms. The van der Waals surface area contributed by atoms with E-state index in [1.54, 1.807) is 20.4 Å². The standard InChI is InChI=1S/C22H27N5O2/c1-16(2)27(15-17-8-6-5-7-9-17)22-25-21(14-24-26-22)23-13-18-10-11-19(28-3)20(12-18)29-4/h5-12,14,16H,13,15H2,1-4H3,(H,23,25,26). The zero-order valence-electron chi connectivity index (χ0n) is 17.3. The lowest BCUT2D eigenvalue weighted by Crippen LogP contribution is -2.32. The van der Waals surface area contributed by atoms with Crippen molar-refractivity contribution in [3.8, 4) is 11.5 Å². The SMILES string of the molecule is COc1ccc(CNc2cnnc(N(Cc3ccccc3)C(C)C)n2)cc1OC. The summed E-state index contributed by atoms with van der Waals surface area (Å²) in [5.74, 6) is 2.67. The Morgan fingerprint density at radius 3 is 2.41 bits per heavy atom. The van der Waals surface area contributed by atoms with E-state index in [-0.39, 0.29) is 6.04 Å². The molecule has 0 amide bonds. The Morgan fingerprint density at radius 2 is 1.72 bits per heavy atom. The van der Waals surface area contributed by atoms with Gasteiger partial charge in [-0.15, -0.1) is 5.10 Å². The van der Waals surface area contributed by atoms with Crippen molar-refractivity contribution in [2.75, 3.05) is 24.4 Å². The highest BCUT2D eigenvalue weighted by atomic mass is 16.5. The highest BCUT2D eigenvalue weighted by molar-refractivity contribution is 5.45. The van der Waals surface area contributed by atoms with E-state index in [1.165, 1.54) is 5.56 Å². The zero-order valence-corrected chi connectivity index (χ0v) is 17.3. The predicted molar refractivity (Wildman–Crippen MR) is 114 cm³/mol. The van der Waals surface area contributed by atoms with Crippen molar-refractivity contribution in [2.24, 2.45) is 0 Å². The molecule has 0 aliphatic rings. The molecule has 0 spiro atoms. The molecule has 7 heteroatoms. The van der Waals surface area contributed by atoms with Crippen LogP contribution in [0.25, 0.3) is 0 Å². The summed E-state index contributed by atoms with van der Waals surface area (Å²) in [4.78, 5) is 6.80. The van der Waals surface area contributed by atoms with E-state index in [9.17, 15) is 0 Å². The zero-order chi connectivity index (χ0) is 20.6. The van der Waals surface area contributed by atoms with E-state index in [0.29, 0.717) is 29.8 Å². The third-order valence-electron chi connectivity index (χ3n) is 4.55. The van der Waals surface area contributed by atoms with Crippen molar-refractivity contribution < 1.29 is 9.47 Å². The quantitative estimate of drug-likeness (QED) is 0.591. The van der Waals surface area contributed by atoms with Crippen LogP contribution in [0, 0.1) is 0 Å². The first-order valence-electron chi connectivity index (χ1n) is 9.55. The van der Waals surface area contributed by atoms with Crippen LogP contribution >= 0.6 is 0 Å². The minimum Gasteiger partial charge on any atom is -0.493 e. The molecule has 0 radical (unpaired) electrons. The number of rotatable bonds is 9. The Labute approximate surface area is 171 Å². The van der Waals surface area contributed by atoms with E-state index >= 15 is 0 Å². The second-order valence-electron chi connectivity index (χ2n) is 6.89. The Kier molecular flexibility index (Phi) is 6.84. The monoisotopic (exact) mass is 393 g/mol. The van der Waals surface area contributed by atoms with Crippen molar-refractivity contribution in [3.05, 3.63) is 65.9 Å². The number of ether oxygens (including phenoxy) is 2. The molecule has 7 nitrogen and oxygen atoms in total. The second kappa shape index (κ2) is 9.73. The molecule has 1 aromatic heterocycles. The van der Waals surface area contributed by atoms with Gasteiger partial charge >= 0.3 is 0 Å². The van der Waals surface area contributed by atoms with Gasteiger partial charge in [-0.3, -0.25) is 0 Å². The number of anilines is 2. The molecule has 3 aromatic rings. The third-order valence-corrected chi connectivity index (χ3v) is 4.55. The first kappa shape index (κ1) is 20.4. The van der Waals surface area contributed by atoms with Crippen LogP contribution < -0.4 is 19.7 Å². The summed E-state index contributed by atoms with van der Waals surface area (Å²) in [5, 5.41) is 11.7. The van der Waals surface area contributed by atoms with Gasteiger partial charge in [-0.1, -0.05) is 36.4 Å². The highest BCUT2D eigenvalue weighted by Gasteiger charge is 2.15. The molecule has 0 saturated heterocycles. The Hall–Kier alpha value is -3.35. The van der Waals surface area contributed by atoms with Crippen molar-refractivity contribution in [1.29, 1.82) is 0 Å². The van der Waals surface area contributed by atoms with Crippen LogP contribution in [-0.4, -0.2) is 35.4 Å². The lowest BCUT2D eigenvalue weighted by atomic mass is 10.2. The van der Waals surface area contributed by atoms with Gasteiger partial charge in [-0.2, -0.15) is 10.1 Å². The summed E-state index contributed by atoms with van der Waals surface area (Å²) in [6.07, 6.45) is 1.63. The van der Waals surface area contributed by atoms with Crippen LogP contribution in [0.1, 0.15) is 25.0 Å². The van der Waals surface area contributed by atoms with E-state index < -0.39 is 0 Å². The van der Waals surface area contributed by atoms with Crippen LogP contribution in [0.2, 0.25) is 0 Å². The van der Waals surface area contributed by atoms with Crippen LogP contribution in [0.15, 0.2) is 54.7 Å². The molecule has 0 atom stereocenters. The summed E-state index contributed by atoms with van der Waals surface area (Å²) in [5.41, 5.74) is 2.25. The number of hydrogen-bond donors (Lipinski definition) is 1. The number of nitrogens with one attached hydrogen (secondary N) is 1. The molecule has 1 heterocycles. The first-order valence-corrected chi connectivity index (χ1v) is 9.55. The molecule has 0 aliphatic carbocycles. The number of aromatic nitrogens is 3. The molecule has 1 N–H and O–H groups in total. The van der Waals surface area contributed by atoms with Gasteiger partial charge in [0.15, 0.2) is 17.3 Å². The summed E-state index contributed by atoms with van der Waals surface area (Å²) in [7, 11) is 3.25. The fourth-order valence-electron chi connectivity index (χ4n) is 2.95. The molecule has 152 valence electrons. The van der Waals surface area contributed by atoms with Gasteiger partial charge in [-0.25, -0.2) is 0 Å². The van der Waals surface area contributed by atoms with Crippen LogP contribution in [0.3, 0.4) is 0 Å². The molecule has 3 rings (SSSR count). The maximum absolute atomic E-state index is 5.37. The Balaban J connectivity index is 1.73. The molecule has 29 heavy (non-hydrogen) atoms. The Bertz CT molecular complexity index is 918. The molecule has 0 saturated carbocycles. The lowest BCUT2D eigenvalue weighted by Gasteiger charge is -2.26. The number of methoxy groups -OCH3 is 2. The predicted octanol–water partition coefficient (Wildman–Crippen LogP) is 3.92. The smallest absolute Gasteiger partial charge is 0.247 e. The maximum Gasteiger partial charge on any atom is 0.247 e. The summed E-state index contributed by atoms with van der Waals surface area (Å²) in [6, 6.07) is 16.3. The molecule has 0 aliphatic heterocycles. The van der Waals surface area contributed by atoms with Crippen LogP contribution in [-0.2, 0) is 13.1 Å². The number of nitrogens with zero attached hydrogens (tertiary/aromatic N) is 4. The number of benzene rings is 2. The average Bonchev–Trinajstić information content (AvgIpc) is 2.76. The highest BCUT2D eigenvalue weighted by Crippen LogP contribution is 2.27. The molecule has 0 fully saturated rings. The Morgan fingerprint density at radius 1 is 0.966 bits per heavy atom. The van der Waals surface area contributed by atoms with Gasteiger partial charge in [0.1, 0.15) is 0 Å². The van der Waals surface area contributed by atoms with Gasteiger partial charge in [0.25, 0.3) is 0 Å². The molecular weight excluding hydrogens is 366 g/mol. The van der Waals surface area contributed by atoms with Crippen molar-refractivity contribution in [3.63, 3.8) is 0 Å². The van der Waals surface area contributed by atoms with Gasteiger partial charge in [0, 0.05) is 19.1 Å². The fraction of sp³-hybridized carbons (Fsp3) is 0.318. The maximum atomic E-state index is 5.37. The summed E-state index contributed by atoms with van der Waals surface area (Å²) in [6.45, 7) is 5.55. The lowest BCUT2D eigenvalue weighted by molar-refractivity contribution is 0.354. The van der Waals surface area contributed by atoms with E-state index in [4.69, 9.17) is 9.47 Å². The largest absolute Gasteiger partial charge is 0.493 e. The van der Waals surface area contributed by atoms with Gasteiger partial charge < -0.3 is 19.7 Å². The van der Waals surface area contributed by atoms with E-state index in [0.717, 1.165) is 12.1 Å². The topological polar surface area (TPSA) is 72.4 Å². The van der Waals surface area contributed by atoms with Crippen molar-refractivity contribution in [2.45, 2.75) is 33.0 Å². The third kappa shape index (κ3) is 5.34. The molecule has 2 aromatic carbocycles. The van der Waals surface area contributed by atoms with Crippen molar-refractivity contribution >= 4 is 11.8 Å². The second-order valence-corrected chi connectivity index (χ2v) is 6.89. The molecular formula is C22H27N5O2. The van der Waals surface area contributed by atoms with Gasteiger partial charge in [0.2, 0.25) is 5.95 Å². The van der Waals surface area contributed by atoms with Gasteiger partial charge in [-0.05, 0) is 37.1 Å². The number of hydrogen-bond acceptors (Lipinski definition) is 7. The van der Waals surface area contributed by atoms with E-state index in [2.05, 4.69) is 51.4 Å². The van der Waals surface area contributed by atoms with Gasteiger partial charge in [0.05, 0.1) is 20.4 Å². The van der Waals surface area contributed by atoms with Crippen molar-refractivity contribution in [1.82, 2.24) is 15.2 Å². The minimum absolute atomic E-state index is 0.234. The summed E-state index contributed by atoms with van der Waals surface area (Å²) < 4.78 is 10.7. The normalized spacial score (nSPS) is 10.7. The van der Waals surface area contributed by atoms with E-state index in [1.807, 2.05) is 36.4 Å². The molecule has 0 unspecified atom stereocenters. The van der Waals surface area contributed by atoms with Crippen LogP contribution in [0.5, 0.6) is 11.5 Å². The minimum atomic E-state index is 0.234. The fourth-order valence-corrected chi connectivity index (χ4v) is 2.95.